The molecule has 0 unspecified atom stereocenters. The molecule has 0 bridgehead atoms. The van der Waals surface area contributed by atoms with Crippen molar-refractivity contribution in [3.05, 3.63) is 0 Å². The molecule has 1 fully saturated rings. The van der Waals surface area contributed by atoms with E-state index in [0.29, 0.717) is 12.8 Å². The Morgan fingerprint density at radius 1 is 1.20 bits per heavy atom. The third-order valence-corrected chi connectivity index (χ3v) is 2.94. The van der Waals surface area contributed by atoms with E-state index >= 15 is 0 Å². The summed E-state index contributed by atoms with van der Waals surface area (Å²) in [6.45, 7) is 0. The van der Waals surface area contributed by atoms with Gasteiger partial charge in [-0.3, -0.25) is 4.79 Å². The van der Waals surface area contributed by atoms with Crippen molar-refractivity contribution in [2.45, 2.75) is 56.7 Å². The molecule has 88 valence electrons. The molecule has 0 aliphatic heterocycles. The third-order valence-electron chi connectivity index (χ3n) is 2.94. The number of carbonyl (C=O) groups excluding carboxylic acids is 1. The number of hydrogen-bond acceptors (Lipinski definition) is 2. The zero-order chi connectivity index (χ0) is 11.5. The van der Waals surface area contributed by atoms with Crippen LogP contribution in [-0.4, -0.2) is 17.5 Å². The summed E-state index contributed by atoms with van der Waals surface area (Å²) in [6.07, 6.45) is -2.02. The second-order valence-corrected chi connectivity index (χ2v) is 4.26. The van der Waals surface area contributed by atoms with Crippen molar-refractivity contribution in [1.82, 2.24) is 0 Å². The molecule has 2 N–H and O–H groups in total. The van der Waals surface area contributed by atoms with E-state index in [1.165, 1.54) is 0 Å². The van der Waals surface area contributed by atoms with Crippen molar-refractivity contribution in [3.63, 3.8) is 0 Å². The smallest absolute Gasteiger partial charge is 0.319 e. The van der Waals surface area contributed by atoms with E-state index in [2.05, 4.69) is 0 Å². The van der Waals surface area contributed by atoms with Crippen molar-refractivity contribution in [1.29, 1.82) is 0 Å². The van der Waals surface area contributed by atoms with Gasteiger partial charge in [0.15, 0.2) is 5.78 Å². The van der Waals surface area contributed by atoms with E-state index in [-0.39, 0.29) is 0 Å². The molecule has 1 rings (SSSR count). The second kappa shape index (κ2) is 4.51. The highest BCUT2D eigenvalue weighted by molar-refractivity contribution is 5.88. The molecular formula is C10H16F3NO. The van der Waals surface area contributed by atoms with Crippen LogP contribution in [0.3, 0.4) is 0 Å². The topological polar surface area (TPSA) is 43.1 Å². The molecule has 1 saturated carbocycles. The van der Waals surface area contributed by atoms with Gasteiger partial charge in [0.1, 0.15) is 0 Å². The number of ketones is 1. The zero-order valence-electron chi connectivity index (χ0n) is 8.57. The van der Waals surface area contributed by atoms with Crippen LogP contribution in [0.5, 0.6) is 0 Å². The molecule has 0 amide bonds. The third kappa shape index (κ3) is 3.81. The maximum Gasteiger partial charge on any atom is 0.389 e. The van der Waals surface area contributed by atoms with Gasteiger partial charge in [-0.25, -0.2) is 0 Å². The van der Waals surface area contributed by atoms with Crippen LogP contribution < -0.4 is 5.73 Å². The Morgan fingerprint density at radius 2 is 1.73 bits per heavy atom. The van der Waals surface area contributed by atoms with E-state index in [9.17, 15) is 18.0 Å². The van der Waals surface area contributed by atoms with Gasteiger partial charge in [0.2, 0.25) is 0 Å². The minimum absolute atomic E-state index is 0.431. The average molecular weight is 223 g/mol. The number of alkyl halides is 3. The molecule has 0 aromatic rings. The molecule has 0 atom stereocenters. The number of rotatable bonds is 3. The zero-order valence-corrected chi connectivity index (χ0v) is 8.57. The minimum atomic E-state index is -4.26. The van der Waals surface area contributed by atoms with Gasteiger partial charge in [-0.2, -0.15) is 13.2 Å². The lowest BCUT2D eigenvalue weighted by atomic mass is 9.78. The highest BCUT2D eigenvalue weighted by Gasteiger charge is 2.37. The Hall–Kier alpha value is -0.580. The predicted octanol–water partition coefficient (Wildman–Crippen LogP) is 2.56. The number of nitrogens with two attached hydrogens (primary N) is 1. The highest BCUT2D eigenvalue weighted by atomic mass is 19.4. The molecule has 0 heterocycles. The van der Waals surface area contributed by atoms with Gasteiger partial charge in [-0.05, 0) is 12.8 Å². The summed E-state index contributed by atoms with van der Waals surface area (Å²) in [5.74, 6) is -0.431. The van der Waals surface area contributed by atoms with E-state index in [4.69, 9.17) is 5.73 Å². The summed E-state index contributed by atoms with van der Waals surface area (Å²) >= 11 is 0. The summed E-state index contributed by atoms with van der Waals surface area (Å²) in [7, 11) is 0. The maximum atomic E-state index is 11.9. The van der Waals surface area contributed by atoms with Crippen LogP contribution in [-0.2, 0) is 4.79 Å². The van der Waals surface area contributed by atoms with Crippen LogP contribution in [0.15, 0.2) is 0 Å². The van der Waals surface area contributed by atoms with Gasteiger partial charge < -0.3 is 5.73 Å². The standard InChI is InChI=1S/C10H16F3NO/c11-10(12,13)7-4-8(15)9(14)5-2-1-3-6-9/h1-7,14H2. The molecule has 0 saturated heterocycles. The fourth-order valence-corrected chi connectivity index (χ4v) is 1.97. The normalized spacial score (nSPS) is 21.3. The molecule has 1 aliphatic carbocycles. The number of carbonyl (C=O) groups is 1. The number of halogens is 3. The Labute approximate surface area is 87.0 Å². The average Bonchev–Trinajstić information content (AvgIpc) is 2.14. The van der Waals surface area contributed by atoms with Crippen LogP contribution in [0.1, 0.15) is 44.9 Å². The first-order chi connectivity index (χ1) is 6.83. The first kappa shape index (κ1) is 12.5. The predicted molar refractivity (Wildman–Crippen MR) is 50.3 cm³/mol. The van der Waals surface area contributed by atoms with Crippen molar-refractivity contribution >= 4 is 5.78 Å². The maximum absolute atomic E-state index is 11.9. The number of hydrogen-bond donors (Lipinski definition) is 1. The van der Waals surface area contributed by atoms with E-state index < -0.39 is 30.3 Å². The second-order valence-electron chi connectivity index (χ2n) is 4.26. The molecule has 5 heteroatoms. The van der Waals surface area contributed by atoms with Gasteiger partial charge in [0, 0.05) is 6.42 Å². The fraction of sp³-hybridized carbons (Fsp3) is 0.900. The quantitative estimate of drug-likeness (QED) is 0.799. The van der Waals surface area contributed by atoms with Gasteiger partial charge >= 0.3 is 6.18 Å². The number of Topliss-reactive ketones (excluding diaryl/α,β-unsaturated/α-hetero) is 1. The Balaban J connectivity index is 2.45. The molecule has 0 spiro atoms. The van der Waals surface area contributed by atoms with Crippen LogP contribution in [0.4, 0.5) is 13.2 Å². The van der Waals surface area contributed by atoms with E-state index in [1.807, 2.05) is 0 Å². The molecule has 0 radical (unpaired) electrons. The largest absolute Gasteiger partial charge is 0.389 e. The summed E-state index contributed by atoms with van der Waals surface area (Å²) in [4.78, 5) is 11.5. The minimum Gasteiger partial charge on any atom is -0.319 e. The van der Waals surface area contributed by atoms with Crippen molar-refractivity contribution in [2.75, 3.05) is 0 Å². The monoisotopic (exact) mass is 223 g/mol. The van der Waals surface area contributed by atoms with Crippen LogP contribution >= 0.6 is 0 Å². The van der Waals surface area contributed by atoms with Crippen LogP contribution in [0.25, 0.3) is 0 Å². The lowest BCUT2D eigenvalue weighted by Crippen LogP contribution is -2.49. The SMILES string of the molecule is NC1(C(=O)CCC(F)(F)F)CCCCC1. The highest BCUT2D eigenvalue weighted by Crippen LogP contribution is 2.30. The molecule has 2 nitrogen and oxygen atoms in total. The molecular weight excluding hydrogens is 207 g/mol. The van der Waals surface area contributed by atoms with Crippen molar-refractivity contribution in [3.8, 4) is 0 Å². The van der Waals surface area contributed by atoms with E-state index in [1.54, 1.807) is 0 Å². The molecule has 0 aromatic carbocycles. The molecule has 0 aromatic heterocycles. The van der Waals surface area contributed by atoms with Gasteiger partial charge in [0.05, 0.1) is 12.0 Å². The Morgan fingerprint density at radius 3 is 2.20 bits per heavy atom. The summed E-state index contributed by atoms with van der Waals surface area (Å²) < 4.78 is 35.7. The summed E-state index contributed by atoms with van der Waals surface area (Å²) in [5, 5.41) is 0. The summed E-state index contributed by atoms with van der Waals surface area (Å²) in [6, 6.07) is 0. The van der Waals surface area contributed by atoms with Crippen LogP contribution in [0, 0.1) is 0 Å². The first-order valence-corrected chi connectivity index (χ1v) is 5.22. The fourth-order valence-electron chi connectivity index (χ4n) is 1.97. The summed E-state index contributed by atoms with van der Waals surface area (Å²) in [5.41, 5.74) is 4.83. The van der Waals surface area contributed by atoms with E-state index in [0.717, 1.165) is 19.3 Å². The van der Waals surface area contributed by atoms with Crippen LogP contribution in [0.2, 0.25) is 0 Å². The lowest BCUT2D eigenvalue weighted by Gasteiger charge is -2.31. The molecule has 15 heavy (non-hydrogen) atoms. The Bertz CT molecular complexity index is 231. The molecule has 1 aliphatic rings. The van der Waals surface area contributed by atoms with Gasteiger partial charge in [0.25, 0.3) is 0 Å². The first-order valence-electron chi connectivity index (χ1n) is 5.22. The van der Waals surface area contributed by atoms with Gasteiger partial charge in [-0.1, -0.05) is 19.3 Å². The van der Waals surface area contributed by atoms with Crippen molar-refractivity contribution in [2.24, 2.45) is 5.73 Å². The van der Waals surface area contributed by atoms with Gasteiger partial charge in [-0.15, -0.1) is 0 Å². The lowest BCUT2D eigenvalue weighted by molar-refractivity contribution is -0.145. The van der Waals surface area contributed by atoms with Crippen molar-refractivity contribution < 1.29 is 18.0 Å². The Kier molecular flexibility index (Phi) is 3.76.